The second-order valence-corrected chi connectivity index (χ2v) is 4.39. The van der Waals surface area contributed by atoms with Gasteiger partial charge in [0.25, 0.3) is 0 Å². The molecule has 1 heteroatoms. The highest BCUT2D eigenvalue weighted by Gasteiger charge is 2.19. The van der Waals surface area contributed by atoms with E-state index < -0.39 is 0 Å². The summed E-state index contributed by atoms with van der Waals surface area (Å²) in [6, 6.07) is 10.9. The molecule has 16 heavy (non-hydrogen) atoms. The van der Waals surface area contributed by atoms with Crippen LogP contribution in [0.3, 0.4) is 0 Å². The van der Waals surface area contributed by atoms with Gasteiger partial charge in [-0.25, -0.2) is 0 Å². The minimum Gasteiger partial charge on any atom is -0.292 e. The lowest BCUT2D eigenvalue weighted by molar-refractivity contribution is 0.236. The molecule has 1 saturated heterocycles. The van der Waals surface area contributed by atoms with Crippen LogP contribution < -0.4 is 0 Å². The van der Waals surface area contributed by atoms with Crippen molar-refractivity contribution in [2.24, 2.45) is 0 Å². The van der Waals surface area contributed by atoms with E-state index >= 15 is 0 Å². The van der Waals surface area contributed by atoms with Crippen molar-refractivity contribution in [2.45, 2.75) is 25.7 Å². The fourth-order valence-electron chi connectivity index (χ4n) is 2.34. The Morgan fingerprint density at radius 1 is 1.19 bits per heavy atom. The molecule has 1 aliphatic rings. The average Bonchev–Trinajstić information content (AvgIpc) is 2.38. The van der Waals surface area contributed by atoms with E-state index in [9.17, 15) is 0 Å². The fourth-order valence-corrected chi connectivity index (χ4v) is 2.34. The molecule has 0 radical (unpaired) electrons. The minimum atomic E-state index is 0.757. The Bertz CT molecular complexity index is 363. The molecule has 0 bridgehead atoms. The van der Waals surface area contributed by atoms with E-state index in [1.165, 1.54) is 31.5 Å². The summed E-state index contributed by atoms with van der Waals surface area (Å²) in [5.41, 5.74) is 1.50. The smallest absolute Gasteiger partial charge is 0.0601 e. The Hall–Kier alpha value is -1.26. The number of nitrogens with zero attached hydrogens (tertiary/aromatic N) is 1. The second-order valence-electron chi connectivity index (χ2n) is 4.39. The van der Waals surface area contributed by atoms with Gasteiger partial charge in [0, 0.05) is 0 Å². The van der Waals surface area contributed by atoms with E-state index in [0.717, 1.165) is 12.5 Å². The number of hydrogen-bond acceptors (Lipinski definition) is 1. The van der Waals surface area contributed by atoms with E-state index in [1.807, 2.05) is 6.92 Å². The Labute approximate surface area is 98.5 Å². The molecule has 1 nitrogen and oxygen atoms in total. The summed E-state index contributed by atoms with van der Waals surface area (Å²) in [6.45, 7) is 5.23. The van der Waals surface area contributed by atoms with E-state index in [2.05, 4.69) is 47.1 Å². The molecule has 1 aromatic rings. The number of hydrogen-bond donors (Lipinski definition) is 0. The van der Waals surface area contributed by atoms with Crippen molar-refractivity contribution < 1.29 is 0 Å². The topological polar surface area (TPSA) is 3.24 Å². The highest BCUT2D eigenvalue weighted by Crippen LogP contribution is 2.27. The Morgan fingerprint density at radius 2 is 1.88 bits per heavy atom. The van der Waals surface area contributed by atoms with Crippen LogP contribution in [0.4, 0.5) is 0 Å². The SMILES string of the molecule is CC#CCN1CCC(c2ccccc2)CC1. The first-order chi connectivity index (χ1) is 7.90. The molecular formula is C15H19N. The highest BCUT2D eigenvalue weighted by molar-refractivity contribution is 5.20. The van der Waals surface area contributed by atoms with Crippen LogP contribution in [0.25, 0.3) is 0 Å². The van der Waals surface area contributed by atoms with Crippen LogP contribution in [-0.4, -0.2) is 24.5 Å². The van der Waals surface area contributed by atoms with E-state index in [-0.39, 0.29) is 0 Å². The van der Waals surface area contributed by atoms with E-state index in [0.29, 0.717) is 0 Å². The molecule has 0 spiro atoms. The van der Waals surface area contributed by atoms with E-state index in [4.69, 9.17) is 0 Å². The quantitative estimate of drug-likeness (QED) is 0.683. The van der Waals surface area contributed by atoms with E-state index in [1.54, 1.807) is 0 Å². The third kappa shape index (κ3) is 2.87. The maximum absolute atomic E-state index is 3.15. The summed E-state index contributed by atoms with van der Waals surface area (Å²) in [6.07, 6.45) is 2.55. The molecule has 0 aromatic heterocycles. The summed E-state index contributed by atoms with van der Waals surface area (Å²) >= 11 is 0. The van der Waals surface area contributed by atoms with Gasteiger partial charge in [0.15, 0.2) is 0 Å². The summed E-state index contributed by atoms with van der Waals surface area (Å²) in [5.74, 6) is 6.87. The number of benzene rings is 1. The Morgan fingerprint density at radius 3 is 2.50 bits per heavy atom. The van der Waals surface area contributed by atoms with Gasteiger partial charge in [-0.2, -0.15) is 0 Å². The van der Waals surface area contributed by atoms with Crippen LogP contribution in [0.15, 0.2) is 30.3 Å². The molecule has 1 heterocycles. The maximum Gasteiger partial charge on any atom is 0.0601 e. The Kier molecular flexibility index (Phi) is 4.02. The monoisotopic (exact) mass is 213 g/mol. The van der Waals surface area contributed by atoms with Gasteiger partial charge < -0.3 is 0 Å². The first-order valence-electron chi connectivity index (χ1n) is 6.07. The molecule has 0 unspecified atom stereocenters. The van der Waals surface area contributed by atoms with Gasteiger partial charge in [0.2, 0.25) is 0 Å². The lowest BCUT2D eigenvalue weighted by atomic mass is 9.89. The summed E-state index contributed by atoms with van der Waals surface area (Å²) < 4.78 is 0. The normalized spacial score (nSPS) is 17.8. The molecule has 1 aliphatic heterocycles. The van der Waals surface area contributed by atoms with Gasteiger partial charge in [-0.1, -0.05) is 36.3 Å². The fraction of sp³-hybridized carbons (Fsp3) is 0.467. The summed E-state index contributed by atoms with van der Waals surface area (Å²) in [5, 5.41) is 0. The van der Waals surface area contributed by atoms with Crippen molar-refractivity contribution in [3.63, 3.8) is 0 Å². The van der Waals surface area contributed by atoms with Crippen molar-refractivity contribution in [3.05, 3.63) is 35.9 Å². The lowest BCUT2D eigenvalue weighted by Crippen LogP contribution is -2.33. The molecule has 84 valence electrons. The van der Waals surface area contributed by atoms with Crippen molar-refractivity contribution in [1.82, 2.24) is 4.90 Å². The molecule has 0 atom stereocenters. The molecule has 2 rings (SSSR count). The zero-order valence-corrected chi connectivity index (χ0v) is 9.95. The summed E-state index contributed by atoms with van der Waals surface area (Å²) in [4.78, 5) is 2.45. The predicted octanol–water partition coefficient (Wildman–Crippen LogP) is 2.89. The predicted molar refractivity (Wildman–Crippen MR) is 68.3 cm³/mol. The van der Waals surface area contributed by atoms with Crippen LogP contribution >= 0.6 is 0 Å². The van der Waals surface area contributed by atoms with Crippen LogP contribution in [0.2, 0.25) is 0 Å². The Balaban J connectivity index is 1.87. The van der Waals surface area contributed by atoms with Gasteiger partial charge in [-0.3, -0.25) is 4.90 Å². The highest BCUT2D eigenvalue weighted by atomic mass is 15.1. The van der Waals surface area contributed by atoms with Gasteiger partial charge in [0.1, 0.15) is 0 Å². The van der Waals surface area contributed by atoms with Crippen molar-refractivity contribution >= 4 is 0 Å². The molecular weight excluding hydrogens is 194 g/mol. The van der Waals surface area contributed by atoms with Crippen LogP contribution in [-0.2, 0) is 0 Å². The second kappa shape index (κ2) is 5.72. The van der Waals surface area contributed by atoms with Crippen molar-refractivity contribution in [3.8, 4) is 11.8 Å². The van der Waals surface area contributed by atoms with Gasteiger partial charge >= 0.3 is 0 Å². The van der Waals surface area contributed by atoms with Gasteiger partial charge in [-0.15, -0.1) is 5.92 Å². The number of piperidine rings is 1. The molecule has 0 saturated carbocycles. The van der Waals surface area contributed by atoms with Crippen LogP contribution in [0.1, 0.15) is 31.2 Å². The zero-order valence-electron chi connectivity index (χ0n) is 9.95. The maximum atomic E-state index is 3.15. The molecule has 0 N–H and O–H groups in total. The van der Waals surface area contributed by atoms with Crippen LogP contribution in [0.5, 0.6) is 0 Å². The van der Waals surface area contributed by atoms with Crippen LogP contribution in [0, 0.1) is 11.8 Å². The zero-order chi connectivity index (χ0) is 11.2. The molecule has 0 aliphatic carbocycles. The first-order valence-corrected chi connectivity index (χ1v) is 6.07. The standard InChI is InChI=1S/C15H19N/c1-2-3-11-16-12-9-15(10-13-16)14-7-5-4-6-8-14/h4-8,15H,9-13H2,1H3. The van der Waals surface area contributed by atoms with Crippen molar-refractivity contribution in [2.75, 3.05) is 19.6 Å². The van der Waals surface area contributed by atoms with Gasteiger partial charge in [-0.05, 0) is 44.3 Å². The minimum absolute atomic E-state index is 0.757. The van der Waals surface area contributed by atoms with Crippen molar-refractivity contribution in [1.29, 1.82) is 0 Å². The third-order valence-electron chi connectivity index (χ3n) is 3.34. The molecule has 0 amide bonds. The molecule has 1 fully saturated rings. The number of likely N-dealkylation sites (tertiary alicyclic amines) is 1. The molecule has 1 aromatic carbocycles. The summed E-state index contributed by atoms with van der Waals surface area (Å²) in [7, 11) is 0. The first kappa shape index (κ1) is 11.2. The third-order valence-corrected chi connectivity index (χ3v) is 3.34. The van der Waals surface area contributed by atoms with Gasteiger partial charge in [0.05, 0.1) is 6.54 Å². The lowest BCUT2D eigenvalue weighted by Gasteiger charge is -2.30. The number of rotatable bonds is 2. The average molecular weight is 213 g/mol. The largest absolute Gasteiger partial charge is 0.292 e.